The number of H-pyrrole nitrogens is 1. The first-order valence-electron chi connectivity index (χ1n) is 9.72. The average molecular weight is 487 g/mol. The molecule has 0 spiro atoms. The van der Waals surface area contributed by atoms with Crippen LogP contribution in [0.2, 0.25) is 5.02 Å². The molecule has 6 N–H and O–H groups in total. The Balaban J connectivity index is 1.66. The van der Waals surface area contributed by atoms with Gasteiger partial charge in [-0.3, -0.25) is 9.78 Å². The third-order valence-corrected chi connectivity index (χ3v) is 5.73. The molecule has 12 heteroatoms. The van der Waals surface area contributed by atoms with Crippen molar-refractivity contribution in [3.63, 3.8) is 0 Å². The van der Waals surface area contributed by atoms with Crippen LogP contribution in [0.3, 0.4) is 0 Å². The molecule has 3 heterocycles. The number of carbonyl (C=O) groups excluding carboxylic acids is 1. The van der Waals surface area contributed by atoms with Crippen molar-refractivity contribution in [2.75, 3.05) is 0 Å². The highest BCUT2D eigenvalue weighted by Crippen LogP contribution is 2.25. The summed E-state index contributed by atoms with van der Waals surface area (Å²) in [5.41, 5.74) is 6.82. The van der Waals surface area contributed by atoms with E-state index in [1.54, 1.807) is 36.8 Å². The lowest BCUT2D eigenvalue weighted by Gasteiger charge is -2.26. The maximum Gasteiger partial charge on any atom is 0.291 e. The van der Waals surface area contributed by atoms with Crippen LogP contribution in [0.1, 0.15) is 39.9 Å². The molecule has 0 radical (unpaired) electrons. The zero-order valence-corrected chi connectivity index (χ0v) is 19.5. The third-order valence-electron chi connectivity index (χ3n) is 4.37. The first kappa shape index (κ1) is 24.0. The number of carbonyl (C=O) groups is 1. The van der Waals surface area contributed by atoms with Crippen LogP contribution in [-0.2, 0) is 12.1 Å². The molecule has 0 saturated carbocycles. The van der Waals surface area contributed by atoms with Crippen molar-refractivity contribution >= 4 is 40.4 Å². The summed E-state index contributed by atoms with van der Waals surface area (Å²) in [6.45, 7) is 7.85. The summed E-state index contributed by atoms with van der Waals surface area (Å²) in [4.78, 5) is 31.9. The van der Waals surface area contributed by atoms with E-state index in [0.29, 0.717) is 21.3 Å². The predicted molar refractivity (Wildman–Crippen MR) is 129 cm³/mol. The van der Waals surface area contributed by atoms with E-state index in [1.807, 2.05) is 13.8 Å². The van der Waals surface area contributed by atoms with Gasteiger partial charge in [0.1, 0.15) is 10.7 Å². The summed E-state index contributed by atoms with van der Waals surface area (Å²) in [7, 11) is 0. The van der Waals surface area contributed by atoms with Crippen LogP contribution in [0.25, 0.3) is 5.57 Å². The van der Waals surface area contributed by atoms with E-state index in [1.165, 1.54) is 17.5 Å². The summed E-state index contributed by atoms with van der Waals surface area (Å²) in [5.74, 6) is -0.243. The number of nitrogens with one attached hydrogen (secondary N) is 3. The summed E-state index contributed by atoms with van der Waals surface area (Å²) in [5, 5.41) is 16.2. The number of guanidine groups is 1. The molecule has 3 aromatic rings. The number of aromatic amines is 1. The lowest BCUT2D eigenvalue weighted by atomic mass is 10.00. The van der Waals surface area contributed by atoms with Gasteiger partial charge < -0.3 is 26.5 Å². The van der Waals surface area contributed by atoms with Gasteiger partial charge in [0.15, 0.2) is 5.96 Å². The van der Waals surface area contributed by atoms with Gasteiger partial charge in [0.2, 0.25) is 0 Å². The summed E-state index contributed by atoms with van der Waals surface area (Å²) < 4.78 is 0. The monoisotopic (exact) mass is 486 g/mol. The second kappa shape index (κ2) is 10.3. The molecule has 3 rings (SSSR count). The number of pyridine rings is 1. The number of halogens is 1. The molecular weight excluding hydrogens is 464 g/mol. The maximum atomic E-state index is 12.0. The van der Waals surface area contributed by atoms with E-state index in [9.17, 15) is 9.90 Å². The number of amides is 1. The van der Waals surface area contributed by atoms with E-state index in [4.69, 9.17) is 17.3 Å². The lowest BCUT2D eigenvalue weighted by molar-refractivity contribution is 0.0946. The highest BCUT2D eigenvalue weighted by atomic mass is 35.5. The van der Waals surface area contributed by atoms with Crippen LogP contribution in [-0.4, -0.2) is 36.9 Å². The zero-order valence-electron chi connectivity index (χ0n) is 18.0. The number of aromatic hydroxyl groups is 1. The minimum Gasteiger partial charge on any atom is -0.480 e. The van der Waals surface area contributed by atoms with E-state index in [2.05, 4.69) is 42.1 Å². The van der Waals surface area contributed by atoms with Crippen molar-refractivity contribution in [3.05, 3.63) is 75.9 Å². The fourth-order valence-corrected chi connectivity index (χ4v) is 4.02. The first-order valence-corrected chi connectivity index (χ1v) is 10.9. The molecule has 0 atom stereocenters. The van der Waals surface area contributed by atoms with Gasteiger partial charge in [0.25, 0.3) is 11.9 Å². The number of imidazole rings is 1. The molecule has 0 aliphatic rings. The normalized spacial score (nSPS) is 12.5. The van der Waals surface area contributed by atoms with Gasteiger partial charge in [0.05, 0.1) is 22.8 Å². The molecule has 33 heavy (non-hydrogen) atoms. The number of hydrogen-bond acceptors (Lipinski definition) is 7. The largest absolute Gasteiger partial charge is 0.480 e. The Morgan fingerprint density at radius 3 is 2.91 bits per heavy atom. The van der Waals surface area contributed by atoms with Crippen LogP contribution in [0.5, 0.6) is 6.01 Å². The van der Waals surface area contributed by atoms with Gasteiger partial charge in [-0.15, -0.1) is 11.3 Å². The molecule has 0 bridgehead atoms. The number of rotatable bonds is 8. The Morgan fingerprint density at radius 1 is 1.45 bits per heavy atom. The zero-order chi connectivity index (χ0) is 24.0. The van der Waals surface area contributed by atoms with Gasteiger partial charge in [0, 0.05) is 35.2 Å². The average Bonchev–Trinajstić information content (AvgIpc) is 3.41. The van der Waals surface area contributed by atoms with Gasteiger partial charge in [-0.25, -0.2) is 9.98 Å². The Labute approximate surface area is 199 Å². The Hall–Kier alpha value is -3.70. The molecule has 0 saturated heterocycles. The van der Waals surface area contributed by atoms with Crippen molar-refractivity contribution in [3.8, 4) is 6.01 Å². The molecule has 172 valence electrons. The number of aliphatic imine (C=N–C) groups is 1. The van der Waals surface area contributed by atoms with Gasteiger partial charge >= 0.3 is 0 Å². The quantitative estimate of drug-likeness (QED) is 0.186. The smallest absolute Gasteiger partial charge is 0.291 e. The SMILES string of the molecule is C=C/C(=C\N=C(/N)NC(C)(C)c1ncccc1Cl)c1ncc(CNC(=O)c2c[nH]c(O)n2)s1. The fraction of sp³-hybridized carbons (Fsp3) is 0.190. The van der Waals surface area contributed by atoms with E-state index < -0.39 is 11.4 Å². The van der Waals surface area contributed by atoms with Gasteiger partial charge in [-0.1, -0.05) is 24.3 Å². The minimum atomic E-state index is -0.647. The molecule has 0 unspecified atom stereocenters. The molecule has 0 aliphatic heterocycles. The number of thiazole rings is 1. The van der Waals surface area contributed by atoms with Crippen LogP contribution in [0.15, 0.2) is 54.6 Å². The number of hydrogen-bond donors (Lipinski definition) is 5. The Bertz CT molecular complexity index is 1210. The number of allylic oxidation sites excluding steroid dienone is 2. The summed E-state index contributed by atoms with van der Waals surface area (Å²) in [6.07, 6.45) is 7.80. The van der Waals surface area contributed by atoms with Crippen LogP contribution in [0, 0.1) is 0 Å². The number of nitrogens with two attached hydrogens (primary N) is 1. The van der Waals surface area contributed by atoms with Crippen molar-refractivity contribution in [1.29, 1.82) is 0 Å². The van der Waals surface area contributed by atoms with Crippen LogP contribution < -0.4 is 16.4 Å². The van der Waals surface area contributed by atoms with E-state index >= 15 is 0 Å². The minimum absolute atomic E-state index is 0.0936. The number of nitrogens with zero attached hydrogens (tertiary/aromatic N) is 4. The highest BCUT2D eigenvalue weighted by Gasteiger charge is 2.25. The molecule has 3 aromatic heterocycles. The molecule has 0 aliphatic carbocycles. The molecular formula is C21H23ClN8O2S. The fourth-order valence-electron chi connectivity index (χ4n) is 2.80. The topological polar surface area (TPSA) is 154 Å². The van der Waals surface area contributed by atoms with Gasteiger partial charge in [-0.05, 0) is 26.0 Å². The van der Waals surface area contributed by atoms with Crippen molar-refractivity contribution < 1.29 is 9.90 Å². The highest BCUT2D eigenvalue weighted by molar-refractivity contribution is 7.12. The Morgan fingerprint density at radius 2 is 2.24 bits per heavy atom. The van der Waals surface area contributed by atoms with Crippen LogP contribution >= 0.6 is 22.9 Å². The second-order valence-corrected chi connectivity index (χ2v) is 8.83. The maximum absolute atomic E-state index is 12.0. The Kier molecular flexibility index (Phi) is 7.46. The first-order chi connectivity index (χ1) is 15.7. The third kappa shape index (κ3) is 6.18. The van der Waals surface area contributed by atoms with Crippen molar-refractivity contribution in [1.82, 2.24) is 30.6 Å². The second-order valence-electron chi connectivity index (χ2n) is 7.31. The molecule has 1 amide bonds. The molecule has 10 nitrogen and oxygen atoms in total. The number of aromatic nitrogens is 4. The molecule has 0 fully saturated rings. The van der Waals surface area contributed by atoms with Crippen molar-refractivity contribution in [2.24, 2.45) is 10.7 Å². The van der Waals surface area contributed by atoms with Crippen molar-refractivity contribution in [2.45, 2.75) is 25.9 Å². The van der Waals surface area contributed by atoms with Crippen LogP contribution in [0.4, 0.5) is 0 Å². The summed E-state index contributed by atoms with van der Waals surface area (Å²) in [6, 6.07) is 3.20. The van der Waals surface area contributed by atoms with E-state index in [-0.39, 0.29) is 24.2 Å². The lowest BCUT2D eigenvalue weighted by Crippen LogP contribution is -2.45. The molecule has 0 aromatic carbocycles. The predicted octanol–water partition coefficient (Wildman–Crippen LogP) is 2.92. The van der Waals surface area contributed by atoms with E-state index in [0.717, 1.165) is 4.88 Å². The standard InChI is InChI=1S/C21H23ClN8O2S/c1-4-12(8-27-19(23)30-21(2,3)16-14(22)6-5-7-24-16)18-26-10-13(33-18)9-25-17(31)15-11-28-20(32)29-15/h4-8,10-11H,1,9H2,2-3H3,(H,25,31)(H3,23,27,30)(H2,28,29,32)/b12-8+. The van der Waals surface area contributed by atoms with Gasteiger partial charge in [-0.2, -0.15) is 4.98 Å². The summed E-state index contributed by atoms with van der Waals surface area (Å²) >= 11 is 7.62.